The van der Waals surface area contributed by atoms with Crippen LogP contribution in [0.3, 0.4) is 0 Å². The van der Waals surface area contributed by atoms with E-state index in [1.54, 1.807) is 6.07 Å². The number of nitrogens with zero attached hydrogens (tertiary/aromatic N) is 1. The molecule has 0 aliphatic carbocycles. The molecule has 2 aromatic rings. The molecule has 1 unspecified atom stereocenters. The van der Waals surface area contributed by atoms with Gasteiger partial charge in [0.15, 0.2) is 0 Å². The van der Waals surface area contributed by atoms with Gasteiger partial charge in [-0.1, -0.05) is 37.6 Å². The Morgan fingerprint density at radius 3 is 2.74 bits per heavy atom. The van der Waals surface area contributed by atoms with E-state index in [4.69, 9.17) is 25.8 Å². The van der Waals surface area contributed by atoms with Crippen LogP contribution in [0.1, 0.15) is 48.2 Å². The lowest BCUT2D eigenvalue weighted by atomic mass is 10.0. The van der Waals surface area contributed by atoms with E-state index in [1.807, 2.05) is 18.2 Å². The van der Waals surface area contributed by atoms with Gasteiger partial charge in [0.25, 0.3) is 0 Å². The smallest absolute Gasteiger partial charge is 0.341 e. The third kappa shape index (κ3) is 7.97. The maximum atomic E-state index is 13.2. The Bertz CT molecular complexity index is 935. The van der Waals surface area contributed by atoms with Gasteiger partial charge in [-0.3, -0.25) is 0 Å². The molecule has 1 aliphatic rings. The van der Waals surface area contributed by atoms with E-state index in [9.17, 15) is 9.18 Å². The standard InChI is InChI=1S/C27H35ClFNO4/c1-19(2)14-21-16-26(24(17-25(21)28)27(31)32-3)34-13-5-11-30-10-4-12-33-23(18-30)15-20-6-8-22(29)9-7-20/h6-9,16-17,19,23H,4-5,10-15,18H2,1-3H3. The summed E-state index contributed by atoms with van der Waals surface area (Å²) in [6.07, 6.45) is 3.43. The molecule has 0 spiro atoms. The van der Waals surface area contributed by atoms with Crippen LogP contribution >= 0.6 is 11.6 Å². The largest absolute Gasteiger partial charge is 0.493 e. The topological polar surface area (TPSA) is 48.0 Å². The average molecular weight is 492 g/mol. The molecule has 0 N–H and O–H groups in total. The molecule has 34 heavy (non-hydrogen) atoms. The van der Waals surface area contributed by atoms with Crippen molar-refractivity contribution in [1.29, 1.82) is 0 Å². The molecule has 1 atom stereocenters. The fourth-order valence-electron chi connectivity index (χ4n) is 4.23. The number of halogens is 2. The van der Waals surface area contributed by atoms with E-state index in [0.29, 0.717) is 28.9 Å². The van der Waals surface area contributed by atoms with Gasteiger partial charge in [-0.05, 0) is 67.0 Å². The molecule has 5 nitrogen and oxygen atoms in total. The molecule has 186 valence electrons. The van der Waals surface area contributed by atoms with Crippen LogP contribution in [0.2, 0.25) is 5.02 Å². The third-order valence-electron chi connectivity index (χ3n) is 5.87. The lowest BCUT2D eigenvalue weighted by Gasteiger charge is -2.24. The molecule has 1 saturated heterocycles. The molecule has 1 heterocycles. The number of methoxy groups -OCH3 is 1. The number of carbonyl (C=O) groups is 1. The van der Waals surface area contributed by atoms with Crippen molar-refractivity contribution < 1.29 is 23.4 Å². The normalized spacial score (nSPS) is 16.9. The quantitative estimate of drug-likeness (QED) is 0.321. The number of rotatable bonds is 10. The molecular formula is C27H35ClFNO4. The number of ether oxygens (including phenoxy) is 3. The molecule has 7 heteroatoms. The van der Waals surface area contributed by atoms with Crippen molar-refractivity contribution in [2.45, 2.75) is 45.6 Å². The fourth-order valence-corrected chi connectivity index (χ4v) is 4.47. The lowest BCUT2D eigenvalue weighted by molar-refractivity contribution is 0.0539. The molecule has 1 aliphatic heterocycles. The molecule has 0 amide bonds. The van der Waals surface area contributed by atoms with Gasteiger partial charge in [0.1, 0.15) is 17.1 Å². The van der Waals surface area contributed by atoms with Gasteiger partial charge >= 0.3 is 5.97 Å². The van der Waals surface area contributed by atoms with Crippen LogP contribution in [0.15, 0.2) is 36.4 Å². The highest BCUT2D eigenvalue weighted by Crippen LogP contribution is 2.30. The average Bonchev–Trinajstić information content (AvgIpc) is 3.04. The second-order valence-corrected chi connectivity index (χ2v) is 9.62. The summed E-state index contributed by atoms with van der Waals surface area (Å²) in [4.78, 5) is 14.6. The summed E-state index contributed by atoms with van der Waals surface area (Å²) < 4.78 is 30.2. The summed E-state index contributed by atoms with van der Waals surface area (Å²) in [5.41, 5.74) is 2.39. The van der Waals surface area contributed by atoms with Crippen LogP contribution in [0.25, 0.3) is 0 Å². The maximum absolute atomic E-state index is 13.2. The molecule has 0 aromatic heterocycles. The molecule has 2 aromatic carbocycles. The van der Waals surface area contributed by atoms with Gasteiger partial charge in [0.05, 0.1) is 19.8 Å². The molecule has 3 rings (SSSR count). The Kier molecular flexibility index (Phi) is 10.2. The van der Waals surface area contributed by atoms with Crippen molar-refractivity contribution in [3.63, 3.8) is 0 Å². The minimum Gasteiger partial charge on any atom is -0.493 e. The van der Waals surface area contributed by atoms with E-state index >= 15 is 0 Å². The minimum absolute atomic E-state index is 0.0784. The lowest BCUT2D eigenvalue weighted by Crippen LogP contribution is -2.34. The Morgan fingerprint density at radius 2 is 2.03 bits per heavy atom. The van der Waals surface area contributed by atoms with Crippen LogP contribution in [0, 0.1) is 11.7 Å². The second-order valence-electron chi connectivity index (χ2n) is 9.21. The minimum atomic E-state index is -0.457. The second kappa shape index (κ2) is 13.1. The molecular weight excluding hydrogens is 457 g/mol. The van der Waals surface area contributed by atoms with Gasteiger partial charge in [-0.15, -0.1) is 0 Å². The van der Waals surface area contributed by atoms with Crippen molar-refractivity contribution in [2.24, 2.45) is 5.92 Å². The summed E-state index contributed by atoms with van der Waals surface area (Å²) in [7, 11) is 1.35. The highest BCUT2D eigenvalue weighted by Gasteiger charge is 2.20. The molecule has 1 fully saturated rings. The Balaban J connectivity index is 1.56. The highest BCUT2D eigenvalue weighted by atomic mass is 35.5. The van der Waals surface area contributed by atoms with Gasteiger partial charge in [-0.2, -0.15) is 0 Å². The number of carbonyl (C=O) groups excluding carboxylic acids is 1. The summed E-state index contributed by atoms with van der Waals surface area (Å²) in [6.45, 7) is 8.11. The van der Waals surface area contributed by atoms with E-state index in [1.165, 1.54) is 19.2 Å². The third-order valence-corrected chi connectivity index (χ3v) is 6.22. The van der Waals surface area contributed by atoms with Crippen molar-refractivity contribution in [3.05, 3.63) is 63.9 Å². The van der Waals surface area contributed by atoms with Crippen LogP contribution in [0.4, 0.5) is 4.39 Å². The van der Waals surface area contributed by atoms with E-state index in [0.717, 1.165) is 63.1 Å². The molecule has 0 radical (unpaired) electrons. The molecule has 0 saturated carbocycles. The Hall–Kier alpha value is -2.15. The van der Waals surface area contributed by atoms with Crippen molar-refractivity contribution in [3.8, 4) is 5.75 Å². The van der Waals surface area contributed by atoms with Crippen molar-refractivity contribution >= 4 is 17.6 Å². The van der Waals surface area contributed by atoms with Gasteiger partial charge in [0, 0.05) is 31.3 Å². The van der Waals surface area contributed by atoms with Crippen LogP contribution in [-0.2, 0) is 22.3 Å². The van der Waals surface area contributed by atoms with Crippen LogP contribution in [0.5, 0.6) is 5.75 Å². The first-order valence-corrected chi connectivity index (χ1v) is 12.4. The summed E-state index contributed by atoms with van der Waals surface area (Å²) in [6, 6.07) is 10.1. The first-order valence-electron chi connectivity index (χ1n) is 12.0. The fraction of sp³-hybridized carbons (Fsp3) is 0.519. The number of esters is 1. The SMILES string of the molecule is COC(=O)c1cc(Cl)c(CC(C)C)cc1OCCCN1CCCOC(Cc2ccc(F)cc2)C1. The Morgan fingerprint density at radius 1 is 1.26 bits per heavy atom. The first kappa shape index (κ1) is 26.5. The zero-order valence-electron chi connectivity index (χ0n) is 20.3. The number of hydrogen-bond acceptors (Lipinski definition) is 5. The highest BCUT2D eigenvalue weighted by molar-refractivity contribution is 6.31. The summed E-state index contributed by atoms with van der Waals surface area (Å²) >= 11 is 6.40. The van der Waals surface area contributed by atoms with Crippen molar-refractivity contribution in [2.75, 3.05) is 40.0 Å². The monoisotopic (exact) mass is 491 g/mol. The summed E-state index contributed by atoms with van der Waals surface area (Å²) in [5.74, 6) is 0.267. The Labute approximate surface area is 207 Å². The van der Waals surface area contributed by atoms with Gasteiger partial charge in [0.2, 0.25) is 0 Å². The number of hydrogen-bond donors (Lipinski definition) is 0. The predicted octanol–water partition coefficient (Wildman–Crippen LogP) is 5.57. The first-order chi connectivity index (χ1) is 16.4. The van der Waals surface area contributed by atoms with Crippen LogP contribution in [-0.4, -0.2) is 56.9 Å². The van der Waals surface area contributed by atoms with E-state index in [2.05, 4.69) is 18.7 Å². The number of benzene rings is 2. The maximum Gasteiger partial charge on any atom is 0.341 e. The van der Waals surface area contributed by atoms with Crippen molar-refractivity contribution in [1.82, 2.24) is 4.90 Å². The molecule has 0 bridgehead atoms. The van der Waals surface area contributed by atoms with Crippen LogP contribution < -0.4 is 4.74 Å². The van der Waals surface area contributed by atoms with E-state index in [-0.39, 0.29) is 11.9 Å². The van der Waals surface area contributed by atoms with Gasteiger partial charge < -0.3 is 19.1 Å². The zero-order valence-corrected chi connectivity index (χ0v) is 21.1. The van der Waals surface area contributed by atoms with E-state index < -0.39 is 5.97 Å². The zero-order chi connectivity index (χ0) is 24.5. The summed E-state index contributed by atoms with van der Waals surface area (Å²) in [5, 5.41) is 0.554. The predicted molar refractivity (Wildman–Crippen MR) is 132 cm³/mol. The van der Waals surface area contributed by atoms with Gasteiger partial charge in [-0.25, -0.2) is 9.18 Å².